The maximum Gasteiger partial charge on any atom is 0.187 e. The highest BCUT2D eigenvalue weighted by molar-refractivity contribution is 8.93. The van der Waals surface area contributed by atoms with Gasteiger partial charge in [-0.15, -0.1) is 28.3 Å². The summed E-state index contributed by atoms with van der Waals surface area (Å²) < 4.78 is 0. The van der Waals surface area contributed by atoms with Gasteiger partial charge in [-0.3, -0.25) is 0 Å². The monoisotopic (exact) mass is 394 g/mol. The van der Waals surface area contributed by atoms with Crippen LogP contribution >= 0.6 is 39.9 Å². The van der Waals surface area contributed by atoms with Gasteiger partial charge in [0, 0.05) is 21.2 Å². The van der Waals surface area contributed by atoms with E-state index in [0.29, 0.717) is 0 Å². The lowest BCUT2D eigenvalue weighted by Gasteiger charge is -2.01. The first-order chi connectivity index (χ1) is 10.3. The number of anilines is 2. The van der Waals surface area contributed by atoms with E-state index in [2.05, 4.69) is 12.2 Å². The van der Waals surface area contributed by atoms with Gasteiger partial charge in [-0.25, -0.2) is 4.98 Å². The average Bonchev–Trinajstić information content (AvgIpc) is 2.92. The van der Waals surface area contributed by atoms with Crippen molar-refractivity contribution in [2.75, 3.05) is 5.32 Å². The van der Waals surface area contributed by atoms with E-state index >= 15 is 0 Å². The van der Waals surface area contributed by atoms with Gasteiger partial charge < -0.3 is 5.32 Å². The molecule has 0 unspecified atom stereocenters. The number of aromatic nitrogens is 1. The molecule has 0 spiro atoms. The summed E-state index contributed by atoms with van der Waals surface area (Å²) in [7, 11) is 0. The number of thiazole rings is 1. The minimum atomic E-state index is 0. The van der Waals surface area contributed by atoms with Crippen LogP contribution in [-0.2, 0) is 6.42 Å². The Morgan fingerprint density at radius 2 is 1.73 bits per heavy atom. The van der Waals surface area contributed by atoms with E-state index in [0.717, 1.165) is 33.5 Å². The lowest BCUT2D eigenvalue weighted by atomic mass is 10.1. The molecule has 0 saturated carbocycles. The largest absolute Gasteiger partial charge is 0.332 e. The topological polar surface area (TPSA) is 24.9 Å². The lowest BCUT2D eigenvalue weighted by molar-refractivity contribution is 1.17. The van der Waals surface area contributed by atoms with Crippen LogP contribution in [0.25, 0.3) is 11.3 Å². The molecule has 22 heavy (non-hydrogen) atoms. The van der Waals surface area contributed by atoms with E-state index in [1.165, 1.54) is 4.88 Å². The molecule has 0 amide bonds. The van der Waals surface area contributed by atoms with E-state index in [9.17, 15) is 0 Å². The summed E-state index contributed by atoms with van der Waals surface area (Å²) in [5.41, 5.74) is 3.20. The zero-order valence-corrected chi connectivity index (χ0v) is 15.3. The molecular weight excluding hydrogens is 380 g/mol. The van der Waals surface area contributed by atoms with Crippen LogP contribution in [-0.4, -0.2) is 4.98 Å². The van der Waals surface area contributed by atoms with Gasteiger partial charge >= 0.3 is 0 Å². The van der Waals surface area contributed by atoms with E-state index in [1.807, 2.05) is 54.6 Å². The predicted molar refractivity (Wildman–Crippen MR) is 102 cm³/mol. The second-order valence-electron chi connectivity index (χ2n) is 4.64. The molecular formula is C17H16BrClN2S. The van der Waals surface area contributed by atoms with Crippen molar-refractivity contribution in [1.82, 2.24) is 4.98 Å². The van der Waals surface area contributed by atoms with Crippen molar-refractivity contribution in [1.29, 1.82) is 0 Å². The standard InChI is InChI=1S/C17H15ClN2S.BrH/c1-2-15-16(12-8-10-13(18)11-9-12)20-17(21-15)19-14-6-4-3-5-7-14;/h3-11H,2H2,1H3,(H,19,20);1H. The quantitative estimate of drug-likeness (QED) is 0.557. The molecule has 1 N–H and O–H groups in total. The smallest absolute Gasteiger partial charge is 0.187 e. The first-order valence-electron chi connectivity index (χ1n) is 6.84. The maximum absolute atomic E-state index is 5.96. The second kappa shape index (κ2) is 7.77. The summed E-state index contributed by atoms with van der Waals surface area (Å²) in [5, 5.41) is 5.03. The van der Waals surface area contributed by atoms with Gasteiger partial charge in [0.1, 0.15) is 0 Å². The molecule has 1 heterocycles. The molecule has 0 bridgehead atoms. The normalized spacial score (nSPS) is 10.1. The highest BCUT2D eigenvalue weighted by atomic mass is 79.9. The molecule has 3 aromatic rings. The molecule has 2 aromatic carbocycles. The molecule has 0 aliphatic rings. The third-order valence-corrected chi connectivity index (χ3v) is 4.53. The molecule has 114 valence electrons. The second-order valence-corrected chi connectivity index (χ2v) is 6.16. The fourth-order valence-corrected chi connectivity index (χ4v) is 3.19. The number of para-hydroxylation sites is 1. The molecule has 0 atom stereocenters. The van der Waals surface area contributed by atoms with Crippen molar-refractivity contribution < 1.29 is 0 Å². The number of hydrogen-bond acceptors (Lipinski definition) is 3. The van der Waals surface area contributed by atoms with Crippen molar-refractivity contribution in [2.45, 2.75) is 13.3 Å². The van der Waals surface area contributed by atoms with Crippen molar-refractivity contribution >= 4 is 50.7 Å². The Bertz CT molecular complexity index is 726. The fourth-order valence-electron chi connectivity index (χ4n) is 2.12. The van der Waals surface area contributed by atoms with Crippen LogP contribution in [0.4, 0.5) is 10.8 Å². The minimum absolute atomic E-state index is 0. The van der Waals surface area contributed by atoms with Crippen molar-refractivity contribution in [3.05, 3.63) is 64.5 Å². The average molecular weight is 396 g/mol. The van der Waals surface area contributed by atoms with Crippen molar-refractivity contribution in [3.63, 3.8) is 0 Å². The van der Waals surface area contributed by atoms with Crippen LogP contribution < -0.4 is 5.32 Å². The molecule has 0 saturated heterocycles. The molecule has 2 nitrogen and oxygen atoms in total. The van der Waals surface area contributed by atoms with Crippen molar-refractivity contribution in [2.24, 2.45) is 0 Å². The zero-order valence-electron chi connectivity index (χ0n) is 12.0. The van der Waals surface area contributed by atoms with E-state index in [-0.39, 0.29) is 17.0 Å². The Balaban J connectivity index is 0.00000176. The number of aryl methyl sites for hydroxylation is 1. The van der Waals surface area contributed by atoms with Gasteiger partial charge in [-0.2, -0.15) is 0 Å². The number of benzene rings is 2. The number of hydrogen-bond donors (Lipinski definition) is 1. The van der Waals surface area contributed by atoms with Crippen LogP contribution in [0.3, 0.4) is 0 Å². The van der Waals surface area contributed by atoms with Gasteiger partial charge in [0.2, 0.25) is 0 Å². The summed E-state index contributed by atoms with van der Waals surface area (Å²) in [5.74, 6) is 0. The summed E-state index contributed by atoms with van der Waals surface area (Å²) in [6.45, 7) is 2.15. The lowest BCUT2D eigenvalue weighted by Crippen LogP contribution is -1.88. The number of nitrogens with one attached hydrogen (secondary N) is 1. The van der Waals surface area contributed by atoms with Gasteiger partial charge in [0.15, 0.2) is 5.13 Å². The van der Waals surface area contributed by atoms with Crippen LogP contribution in [0.5, 0.6) is 0 Å². The van der Waals surface area contributed by atoms with Crippen LogP contribution in [0, 0.1) is 0 Å². The summed E-state index contributed by atoms with van der Waals surface area (Å²) in [4.78, 5) is 6.01. The SMILES string of the molecule is Br.CCc1sc(Nc2ccccc2)nc1-c1ccc(Cl)cc1. The highest BCUT2D eigenvalue weighted by Gasteiger charge is 2.12. The fraction of sp³-hybridized carbons (Fsp3) is 0.118. The first-order valence-corrected chi connectivity index (χ1v) is 8.03. The third-order valence-electron chi connectivity index (χ3n) is 3.16. The number of halogens is 2. The molecule has 3 rings (SSSR count). The molecule has 1 aromatic heterocycles. The first kappa shape index (κ1) is 17.0. The summed E-state index contributed by atoms with van der Waals surface area (Å²) >= 11 is 7.65. The third kappa shape index (κ3) is 3.88. The molecule has 0 fully saturated rings. The summed E-state index contributed by atoms with van der Waals surface area (Å²) in [6.07, 6.45) is 0.964. The Labute approximate surface area is 150 Å². The van der Waals surface area contributed by atoms with Gasteiger partial charge in [-0.05, 0) is 30.7 Å². The molecule has 0 radical (unpaired) electrons. The van der Waals surface area contributed by atoms with E-state index in [1.54, 1.807) is 11.3 Å². The van der Waals surface area contributed by atoms with E-state index < -0.39 is 0 Å². The summed E-state index contributed by atoms with van der Waals surface area (Å²) in [6, 6.07) is 17.9. The Morgan fingerprint density at radius 3 is 2.36 bits per heavy atom. The zero-order chi connectivity index (χ0) is 14.7. The van der Waals surface area contributed by atoms with E-state index in [4.69, 9.17) is 16.6 Å². The van der Waals surface area contributed by atoms with Crippen LogP contribution in [0.2, 0.25) is 5.02 Å². The Morgan fingerprint density at radius 1 is 1.05 bits per heavy atom. The van der Waals surface area contributed by atoms with Crippen molar-refractivity contribution in [3.8, 4) is 11.3 Å². The molecule has 0 aliphatic heterocycles. The van der Waals surface area contributed by atoms with Gasteiger partial charge in [0.25, 0.3) is 0 Å². The Hall–Kier alpha value is -1.36. The Kier molecular flexibility index (Phi) is 6.00. The molecule has 5 heteroatoms. The number of nitrogens with zero attached hydrogens (tertiary/aromatic N) is 1. The van der Waals surface area contributed by atoms with Crippen LogP contribution in [0.1, 0.15) is 11.8 Å². The van der Waals surface area contributed by atoms with Crippen LogP contribution in [0.15, 0.2) is 54.6 Å². The highest BCUT2D eigenvalue weighted by Crippen LogP contribution is 2.33. The minimum Gasteiger partial charge on any atom is -0.332 e. The van der Waals surface area contributed by atoms with Gasteiger partial charge in [-0.1, -0.05) is 48.9 Å². The predicted octanol–water partition coefficient (Wildman–Crippen LogP) is 6.35. The maximum atomic E-state index is 5.96. The molecule has 0 aliphatic carbocycles. The van der Waals surface area contributed by atoms with Gasteiger partial charge in [0.05, 0.1) is 5.69 Å². The number of rotatable bonds is 4.